The summed E-state index contributed by atoms with van der Waals surface area (Å²) in [5.41, 5.74) is 0.566. The molecule has 0 bridgehead atoms. The fourth-order valence-electron chi connectivity index (χ4n) is 2.37. The number of likely N-dealkylation sites (N-methyl/N-ethyl adjacent to an activating group) is 1. The van der Waals surface area contributed by atoms with E-state index < -0.39 is 0 Å². The molecular formula is C14H18BrClN2O. The number of hydrogen-bond donors (Lipinski definition) is 1. The summed E-state index contributed by atoms with van der Waals surface area (Å²) in [6, 6.07) is 5.87. The quantitative estimate of drug-likeness (QED) is 0.908. The molecule has 1 aliphatic heterocycles. The Morgan fingerprint density at radius 2 is 2.37 bits per heavy atom. The van der Waals surface area contributed by atoms with Gasteiger partial charge in [0.25, 0.3) is 5.91 Å². The maximum absolute atomic E-state index is 12.5. The number of benzene rings is 1. The number of amides is 1. The van der Waals surface area contributed by atoms with Crippen molar-refractivity contribution in [3.63, 3.8) is 0 Å². The van der Waals surface area contributed by atoms with Crippen molar-refractivity contribution in [1.82, 2.24) is 10.2 Å². The molecule has 0 saturated carbocycles. The highest BCUT2D eigenvalue weighted by Gasteiger charge is 2.23. The normalized spacial score (nSPS) is 18.6. The maximum atomic E-state index is 12.5. The molecule has 1 fully saturated rings. The van der Waals surface area contributed by atoms with E-state index in [4.69, 9.17) is 11.6 Å². The lowest BCUT2D eigenvalue weighted by molar-refractivity contribution is 0.0751. The van der Waals surface area contributed by atoms with Gasteiger partial charge in [-0.3, -0.25) is 4.79 Å². The topological polar surface area (TPSA) is 32.3 Å². The predicted molar refractivity (Wildman–Crippen MR) is 81.8 cm³/mol. The fraction of sp³-hybridized carbons (Fsp3) is 0.500. The van der Waals surface area contributed by atoms with Crippen LogP contribution in [0.4, 0.5) is 0 Å². The molecular weight excluding hydrogens is 328 g/mol. The zero-order chi connectivity index (χ0) is 13.8. The zero-order valence-electron chi connectivity index (χ0n) is 11.0. The van der Waals surface area contributed by atoms with Crippen molar-refractivity contribution >= 4 is 33.4 Å². The third-order valence-electron chi connectivity index (χ3n) is 3.45. The van der Waals surface area contributed by atoms with Crippen LogP contribution >= 0.6 is 27.5 Å². The highest BCUT2D eigenvalue weighted by atomic mass is 79.9. The molecule has 5 heteroatoms. The van der Waals surface area contributed by atoms with Crippen molar-refractivity contribution in [2.45, 2.75) is 25.8 Å². The van der Waals surface area contributed by atoms with Crippen LogP contribution in [0.1, 0.15) is 30.1 Å². The summed E-state index contributed by atoms with van der Waals surface area (Å²) >= 11 is 9.55. The molecule has 0 aromatic heterocycles. The first-order valence-electron chi connectivity index (χ1n) is 6.60. The van der Waals surface area contributed by atoms with Gasteiger partial charge in [-0.25, -0.2) is 0 Å². The second kappa shape index (κ2) is 6.73. The van der Waals surface area contributed by atoms with E-state index in [1.54, 1.807) is 6.07 Å². The van der Waals surface area contributed by atoms with Gasteiger partial charge in [0, 0.05) is 23.6 Å². The van der Waals surface area contributed by atoms with Crippen LogP contribution in [0.3, 0.4) is 0 Å². The van der Waals surface area contributed by atoms with Gasteiger partial charge in [-0.15, -0.1) is 0 Å². The van der Waals surface area contributed by atoms with Crippen molar-refractivity contribution in [2.75, 3.05) is 19.6 Å². The summed E-state index contributed by atoms with van der Waals surface area (Å²) in [5, 5.41) is 3.91. The van der Waals surface area contributed by atoms with Crippen LogP contribution in [-0.2, 0) is 0 Å². The third-order valence-corrected chi connectivity index (χ3v) is 4.75. The van der Waals surface area contributed by atoms with E-state index in [0.29, 0.717) is 23.2 Å². The van der Waals surface area contributed by atoms with E-state index in [9.17, 15) is 4.79 Å². The Morgan fingerprint density at radius 1 is 1.58 bits per heavy atom. The van der Waals surface area contributed by atoms with Crippen LogP contribution in [-0.4, -0.2) is 36.5 Å². The van der Waals surface area contributed by atoms with Gasteiger partial charge in [0.05, 0.1) is 10.6 Å². The number of rotatable bonds is 4. The molecule has 0 aliphatic carbocycles. The summed E-state index contributed by atoms with van der Waals surface area (Å²) in [6.45, 7) is 4.49. The molecule has 1 unspecified atom stereocenters. The van der Waals surface area contributed by atoms with Gasteiger partial charge >= 0.3 is 0 Å². The van der Waals surface area contributed by atoms with Crippen LogP contribution < -0.4 is 5.32 Å². The van der Waals surface area contributed by atoms with Crippen LogP contribution in [0.5, 0.6) is 0 Å². The molecule has 19 heavy (non-hydrogen) atoms. The minimum atomic E-state index is 0.00231. The molecule has 104 valence electrons. The first-order chi connectivity index (χ1) is 9.13. The fourth-order valence-corrected chi connectivity index (χ4v) is 2.95. The number of hydrogen-bond acceptors (Lipinski definition) is 2. The predicted octanol–water partition coefficient (Wildman–Crippen LogP) is 3.32. The highest BCUT2D eigenvalue weighted by Crippen LogP contribution is 2.27. The summed E-state index contributed by atoms with van der Waals surface area (Å²) in [4.78, 5) is 14.4. The minimum Gasteiger partial charge on any atom is -0.337 e. The number of carbonyl (C=O) groups excluding carboxylic acids is 1. The second-order valence-electron chi connectivity index (χ2n) is 4.74. The second-order valence-corrected chi connectivity index (χ2v) is 5.97. The molecule has 1 amide bonds. The van der Waals surface area contributed by atoms with Gasteiger partial charge in [0.1, 0.15) is 0 Å². The van der Waals surface area contributed by atoms with E-state index in [1.807, 2.05) is 24.0 Å². The van der Waals surface area contributed by atoms with Gasteiger partial charge in [-0.2, -0.15) is 0 Å². The van der Waals surface area contributed by atoms with Gasteiger partial charge in [-0.05, 0) is 54.4 Å². The highest BCUT2D eigenvalue weighted by molar-refractivity contribution is 9.10. The number of carbonyl (C=O) groups is 1. The van der Waals surface area contributed by atoms with Crippen molar-refractivity contribution in [2.24, 2.45) is 0 Å². The summed E-state index contributed by atoms with van der Waals surface area (Å²) in [6.07, 6.45) is 2.32. The molecule has 3 nitrogen and oxygen atoms in total. The van der Waals surface area contributed by atoms with Gasteiger partial charge in [0.15, 0.2) is 0 Å². The number of halogens is 2. The Morgan fingerprint density at radius 3 is 3.00 bits per heavy atom. The standard InChI is InChI=1S/C14H18BrClN2O/c1-2-18(9-10-5-4-8-17-10)14(19)11-6-3-7-12(15)13(11)16/h3,6-7,10,17H,2,4-5,8-9H2,1H3. The zero-order valence-corrected chi connectivity index (χ0v) is 13.3. The maximum Gasteiger partial charge on any atom is 0.255 e. The minimum absolute atomic E-state index is 0.00231. The van der Waals surface area contributed by atoms with Gasteiger partial charge in [-0.1, -0.05) is 17.7 Å². The smallest absolute Gasteiger partial charge is 0.255 e. The van der Waals surface area contributed by atoms with Crippen LogP contribution in [0.2, 0.25) is 5.02 Å². The molecule has 1 N–H and O–H groups in total. The van der Waals surface area contributed by atoms with E-state index in [1.165, 1.54) is 6.42 Å². The average molecular weight is 346 g/mol. The lowest BCUT2D eigenvalue weighted by Crippen LogP contribution is -2.41. The first kappa shape index (κ1) is 14.8. The van der Waals surface area contributed by atoms with Crippen molar-refractivity contribution in [1.29, 1.82) is 0 Å². The molecule has 0 spiro atoms. The Labute approximate surface area is 127 Å². The molecule has 1 saturated heterocycles. The van der Waals surface area contributed by atoms with E-state index in [-0.39, 0.29) is 5.91 Å². The Kier molecular flexibility index (Phi) is 5.25. The number of nitrogens with zero attached hydrogens (tertiary/aromatic N) is 1. The molecule has 1 aromatic carbocycles. The van der Waals surface area contributed by atoms with Crippen molar-refractivity contribution in [3.8, 4) is 0 Å². The Hall–Kier alpha value is -0.580. The summed E-state index contributed by atoms with van der Waals surface area (Å²) < 4.78 is 0.759. The molecule has 1 atom stereocenters. The molecule has 0 radical (unpaired) electrons. The number of nitrogens with one attached hydrogen (secondary N) is 1. The monoisotopic (exact) mass is 344 g/mol. The molecule has 1 aromatic rings. The van der Waals surface area contributed by atoms with E-state index in [0.717, 1.165) is 24.0 Å². The summed E-state index contributed by atoms with van der Waals surface area (Å²) in [7, 11) is 0. The third kappa shape index (κ3) is 3.50. The first-order valence-corrected chi connectivity index (χ1v) is 7.77. The lowest BCUT2D eigenvalue weighted by atomic mass is 10.1. The molecule has 1 aliphatic rings. The Bertz CT molecular complexity index is 461. The Balaban J connectivity index is 2.13. The summed E-state index contributed by atoms with van der Waals surface area (Å²) in [5.74, 6) is 0.00231. The van der Waals surface area contributed by atoms with Gasteiger partial charge < -0.3 is 10.2 Å². The van der Waals surface area contributed by atoms with Crippen LogP contribution in [0.25, 0.3) is 0 Å². The SMILES string of the molecule is CCN(CC1CCCN1)C(=O)c1cccc(Br)c1Cl. The molecule has 1 heterocycles. The van der Waals surface area contributed by atoms with Crippen molar-refractivity contribution in [3.05, 3.63) is 33.3 Å². The average Bonchev–Trinajstić information content (AvgIpc) is 2.91. The molecule has 2 rings (SSSR count). The van der Waals surface area contributed by atoms with E-state index >= 15 is 0 Å². The largest absolute Gasteiger partial charge is 0.337 e. The van der Waals surface area contributed by atoms with Gasteiger partial charge in [0.2, 0.25) is 0 Å². The van der Waals surface area contributed by atoms with Crippen LogP contribution in [0, 0.1) is 0 Å². The van der Waals surface area contributed by atoms with Crippen molar-refractivity contribution < 1.29 is 4.79 Å². The lowest BCUT2D eigenvalue weighted by Gasteiger charge is -2.25. The van der Waals surface area contributed by atoms with Crippen LogP contribution in [0.15, 0.2) is 22.7 Å². The van der Waals surface area contributed by atoms with E-state index in [2.05, 4.69) is 21.2 Å².